The van der Waals surface area contributed by atoms with Gasteiger partial charge in [0.2, 0.25) is 0 Å². The maximum atomic E-state index is 2.33. The SMILES string of the molecule is c1ccc2sc(-c3ccc4c(ccc5c6ccccc6ccc45)c3)cc2c1. The van der Waals surface area contributed by atoms with E-state index in [0.717, 1.165) is 0 Å². The van der Waals surface area contributed by atoms with Crippen molar-refractivity contribution in [3.63, 3.8) is 0 Å². The fourth-order valence-corrected chi connectivity index (χ4v) is 5.17. The Bertz CT molecular complexity index is 1440. The molecule has 0 saturated heterocycles. The zero-order valence-electron chi connectivity index (χ0n) is 14.6. The number of thiophene rings is 1. The molecule has 0 N–H and O–H groups in total. The molecule has 6 aromatic rings. The maximum Gasteiger partial charge on any atom is 0.0355 e. The summed E-state index contributed by atoms with van der Waals surface area (Å²) in [5, 5.41) is 9.22. The molecule has 0 amide bonds. The molecule has 0 nitrogen and oxygen atoms in total. The van der Waals surface area contributed by atoms with Crippen molar-refractivity contribution in [1.82, 2.24) is 0 Å². The minimum atomic E-state index is 1.30. The molecule has 126 valence electrons. The highest BCUT2D eigenvalue weighted by Gasteiger charge is 2.08. The van der Waals surface area contributed by atoms with Crippen LogP contribution in [0.1, 0.15) is 0 Å². The van der Waals surface area contributed by atoms with Crippen molar-refractivity contribution in [2.45, 2.75) is 0 Å². The molecule has 1 heteroatoms. The van der Waals surface area contributed by atoms with Crippen molar-refractivity contribution in [3.8, 4) is 10.4 Å². The molecule has 0 atom stereocenters. The summed E-state index contributed by atoms with van der Waals surface area (Å²) in [4.78, 5) is 1.33. The van der Waals surface area contributed by atoms with Gasteiger partial charge >= 0.3 is 0 Å². The third-order valence-corrected chi connectivity index (χ3v) is 6.62. The molecule has 0 aliphatic carbocycles. The van der Waals surface area contributed by atoms with E-state index in [-0.39, 0.29) is 0 Å². The molecular weight excluding hydrogens is 344 g/mol. The average Bonchev–Trinajstić information content (AvgIpc) is 3.17. The van der Waals surface area contributed by atoms with Crippen LogP contribution in [-0.2, 0) is 0 Å². The van der Waals surface area contributed by atoms with Crippen LogP contribution in [-0.4, -0.2) is 0 Å². The molecule has 0 aliphatic rings. The fraction of sp³-hybridized carbons (Fsp3) is 0. The Balaban J connectivity index is 1.60. The van der Waals surface area contributed by atoms with E-state index < -0.39 is 0 Å². The Morgan fingerprint density at radius 1 is 0.444 bits per heavy atom. The van der Waals surface area contributed by atoms with Crippen molar-refractivity contribution in [2.75, 3.05) is 0 Å². The van der Waals surface area contributed by atoms with Gasteiger partial charge in [0.1, 0.15) is 0 Å². The van der Waals surface area contributed by atoms with Gasteiger partial charge in [-0.25, -0.2) is 0 Å². The maximum absolute atomic E-state index is 2.33. The number of fused-ring (bicyclic) bond motifs is 6. The Kier molecular flexibility index (Phi) is 3.14. The first-order valence-electron chi connectivity index (χ1n) is 9.20. The van der Waals surface area contributed by atoms with Crippen LogP contribution in [0.2, 0.25) is 0 Å². The largest absolute Gasteiger partial charge is 0.135 e. The highest BCUT2D eigenvalue weighted by molar-refractivity contribution is 7.22. The van der Waals surface area contributed by atoms with Crippen LogP contribution < -0.4 is 0 Å². The molecule has 27 heavy (non-hydrogen) atoms. The minimum absolute atomic E-state index is 1.30. The molecule has 5 aromatic carbocycles. The first-order chi connectivity index (χ1) is 13.4. The summed E-state index contributed by atoms with van der Waals surface area (Å²) in [7, 11) is 0. The van der Waals surface area contributed by atoms with Crippen LogP contribution in [0.3, 0.4) is 0 Å². The van der Waals surface area contributed by atoms with Crippen LogP contribution >= 0.6 is 11.3 Å². The molecule has 0 aliphatic heterocycles. The van der Waals surface area contributed by atoms with Crippen LogP contribution in [0.15, 0.2) is 97.1 Å². The van der Waals surface area contributed by atoms with E-state index in [4.69, 9.17) is 0 Å². The lowest BCUT2D eigenvalue weighted by Gasteiger charge is -2.08. The van der Waals surface area contributed by atoms with Crippen LogP contribution in [0.4, 0.5) is 0 Å². The predicted octanol–water partition coefficient (Wildman–Crippen LogP) is 8.03. The second kappa shape index (κ2) is 5.67. The van der Waals surface area contributed by atoms with E-state index in [9.17, 15) is 0 Å². The molecule has 0 unspecified atom stereocenters. The second-order valence-electron chi connectivity index (χ2n) is 7.03. The first kappa shape index (κ1) is 15.0. The van der Waals surface area contributed by atoms with Crippen LogP contribution in [0.5, 0.6) is 0 Å². The molecular formula is C26H16S. The first-order valence-corrected chi connectivity index (χ1v) is 10.0. The average molecular weight is 360 g/mol. The predicted molar refractivity (Wildman–Crippen MR) is 120 cm³/mol. The Labute approximate surface area is 161 Å². The van der Waals surface area contributed by atoms with Crippen molar-refractivity contribution >= 4 is 53.7 Å². The second-order valence-corrected chi connectivity index (χ2v) is 8.12. The van der Waals surface area contributed by atoms with Gasteiger partial charge in [0.05, 0.1) is 0 Å². The number of hydrogen-bond donors (Lipinski definition) is 0. The third kappa shape index (κ3) is 2.29. The fourth-order valence-electron chi connectivity index (χ4n) is 4.11. The number of rotatable bonds is 1. The zero-order chi connectivity index (χ0) is 17.8. The summed E-state index contributed by atoms with van der Waals surface area (Å²) in [6, 6.07) is 35.4. The van der Waals surface area contributed by atoms with E-state index in [1.165, 1.54) is 52.8 Å². The van der Waals surface area contributed by atoms with Crippen LogP contribution in [0, 0.1) is 0 Å². The summed E-state index contributed by atoms with van der Waals surface area (Å²) >= 11 is 1.86. The summed E-state index contributed by atoms with van der Waals surface area (Å²) in [5.41, 5.74) is 1.30. The smallest absolute Gasteiger partial charge is 0.0355 e. The number of hydrogen-bond acceptors (Lipinski definition) is 1. The lowest BCUT2D eigenvalue weighted by atomic mass is 9.96. The molecule has 0 bridgehead atoms. The normalized spacial score (nSPS) is 11.7. The van der Waals surface area contributed by atoms with Crippen LogP contribution in [0.25, 0.3) is 52.8 Å². The van der Waals surface area contributed by atoms with Crippen molar-refractivity contribution in [1.29, 1.82) is 0 Å². The van der Waals surface area contributed by atoms with Gasteiger partial charge in [-0.2, -0.15) is 0 Å². The topological polar surface area (TPSA) is 0 Å². The zero-order valence-corrected chi connectivity index (χ0v) is 15.5. The minimum Gasteiger partial charge on any atom is -0.135 e. The lowest BCUT2D eigenvalue weighted by Crippen LogP contribution is -1.81. The Hall–Kier alpha value is -3.16. The summed E-state index contributed by atoms with van der Waals surface area (Å²) < 4.78 is 1.34. The van der Waals surface area contributed by atoms with E-state index in [1.807, 2.05) is 11.3 Å². The third-order valence-electron chi connectivity index (χ3n) is 5.45. The summed E-state index contributed by atoms with van der Waals surface area (Å²) in [5.74, 6) is 0. The Morgan fingerprint density at radius 3 is 1.96 bits per heavy atom. The van der Waals surface area contributed by atoms with Gasteiger partial charge in [-0.1, -0.05) is 78.9 Å². The van der Waals surface area contributed by atoms with Crippen molar-refractivity contribution in [2.24, 2.45) is 0 Å². The monoisotopic (exact) mass is 360 g/mol. The quantitative estimate of drug-likeness (QED) is 0.260. The molecule has 0 spiro atoms. The van der Waals surface area contributed by atoms with E-state index in [0.29, 0.717) is 0 Å². The summed E-state index contributed by atoms with van der Waals surface area (Å²) in [6.07, 6.45) is 0. The van der Waals surface area contributed by atoms with E-state index in [2.05, 4.69) is 97.1 Å². The molecule has 1 aromatic heterocycles. The molecule has 0 radical (unpaired) electrons. The lowest BCUT2D eigenvalue weighted by molar-refractivity contribution is 1.76. The van der Waals surface area contributed by atoms with Gasteiger partial charge in [0.15, 0.2) is 0 Å². The highest BCUT2D eigenvalue weighted by Crippen LogP contribution is 2.37. The van der Waals surface area contributed by atoms with Gasteiger partial charge in [0, 0.05) is 9.58 Å². The van der Waals surface area contributed by atoms with Gasteiger partial charge in [-0.3, -0.25) is 0 Å². The highest BCUT2D eigenvalue weighted by atomic mass is 32.1. The molecule has 0 fully saturated rings. The van der Waals surface area contributed by atoms with Crippen molar-refractivity contribution in [3.05, 3.63) is 97.1 Å². The Morgan fingerprint density at radius 2 is 1.11 bits per heavy atom. The van der Waals surface area contributed by atoms with Gasteiger partial charge in [0.25, 0.3) is 0 Å². The molecule has 6 rings (SSSR count). The van der Waals surface area contributed by atoms with E-state index >= 15 is 0 Å². The summed E-state index contributed by atoms with van der Waals surface area (Å²) in [6.45, 7) is 0. The molecule has 0 saturated carbocycles. The molecule has 1 heterocycles. The van der Waals surface area contributed by atoms with E-state index in [1.54, 1.807) is 0 Å². The number of benzene rings is 5. The van der Waals surface area contributed by atoms with Gasteiger partial charge in [-0.15, -0.1) is 11.3 Å². The van der Waals surface area contributed by atoms with Gasteiger partial charge in [-0.05, 0) is 61.5 Å². The standard InChI is InChI=1S/C26H16S/c1-3-7-21-17(5-1)9-13-24-22-12-11-20(15-18(22)10-14-23(21)24)26-16-19-6-2-4-8-25(19)27-26/h1-16H. The van der Waals surface area contributed by atoms with Crippen molar-refractivity contribution < 1.29 is 0 Å². The van der Waals surface area contributed by atoms with Gasteiger partial charge < -0.3 is 0 Å².